The summed E-state index contributed by atoms with van der Waals surface area (Å²) < 4.78 is 8.62. The molecule has 5 heterocycles. The number of hydrogen-bond donors (Lipinski definition) is 0. The van der Waals surface area contributed by atoms with Crippen LogP contribution in [0.15, 0.2) is 35.4 Å². The van der Waals surface area contributed by atoms with Crippen LogP contribution in [0.3, 0.4) is 0 Å². The van der Waals surface area contributed by atoms with Crippen LogP contribution in [0.2, 0.25) is 5.02 Å². The molecule has 9 heteroatoms. The third kappa shape index (κ3) is 2.98. The molecule has 0 amide bonds. The molecule has 1 aromatic carbocycles. The molecule has 2 aliphatic heterocycles. The lowest BCUT2D eigenvalue weighted by Gasteiger charge is -2.39. The maximum Gasteiger partial charge on any atom is 0.352 e. The molecule has 0 aliphatic carbocycles. The Labute approximate surface area is 182 Å². The second-order valence-electron chi connectivity index (χ2n) is 7.59. The number of nitrogens with zero attached hydrogens (tertiary/aromatic N) is 5. The van der Waals surface area contributed by atoms with Crippen LogP contribution >= 0.6 is 22.9 Å². The summed E-state index contributed by atoms with van der Waals surface area (Å²) in [5, 5.41) is 5.96. The van der Waals surface area contributed by atoms with Crippen molar-refractivity contribution in [2.45, 2.75) is 33.0 Å². The van der Waals surface area contributed by atoms with Crippen LogP contribution in [0.4, 0.5) is 0 Å². The van der Waals surface area contributed by atoms with Crippen molar-refractivity contribution in [2.75, 3.05) is 19.8 Å². The first-order valence-corrected chi connectivity index (χ1v) is 10.8. The summed E-state index contributed by atoms with van der Waals surface area (Å²) in [6.07, 6.45) is 2.42. The molecular formula is C21H22ClN5O2S. The Kier molecular flexibility index (Phi) is 4.89. The molecule has 6 rings (SSSR count). The van der Waals surface area contributed by atoms with Gasteiger partial charge in [-0.2, -0.15) is 9.61 Å². The monoisotopic (exact) mass is 443 g/mol. The molecule has 1 fully saturated rings. The van der Waals surface area contributed by atoms with E-state index in [4.69, 9.17) is 16.3 Å². The number of halogens is 1. The fourth-order valence-electron chi connectivity index (χ4n) is 4.24. The number of ether oxygens (including phenoxy) is 1. The first kappa shape index (κ1) is 19.7. The molecule has 3 aromatic heterocycles. The van der Waals surface area contributed by atoms with Gasteiger partial charge in [0.25, 0.3) is 0 Å². The molecular weight excluding hydrogens is 422 g/mol. The molecule has 2 aliphatic rings. The summed E-state index contributed by atoms with van der Waals surface area (Å²) in [4.78, 5) is 22.4. The van der Waals surface area contributed by atoms with Gasteiger partial charge in [0.2, 0.25) is 0 Å². The Bertz CT molecular complexity index is 1290. The SMILES string of the molecule is C.O=c1n(Cc2ccc(Cl)cc2)c2sc3c(c2c2ncnn12)CCN(C1COC1)C3. The van der Waals surface area contributed by atoms with Crippen molar-refractivity contribution in [3.8, 4) is 0 Å². The molecule has 30 heavy (non-hydrogen) atoms. The zero-order valence-corrected chi connectivity index (χ0v) is 17.1. The molecule has 156 valence electrons. The van der Waals surface area contributed by atoms with E-state index >= 15 is 0 Å². The predicted molar refractivity (Wildman–Crippen MR) is 119 cm³/mol. The Morgan fingerprint density at radius 3 is 2.77 bits per heavy atom. The number of aromatic nitrogens is 4. The third-order valence-electron chi connectivity index (χ3n) is 5.89. The summed E-state index contributed by atoms with van der Waals surface area (Å²) in [7, 11) is 0. The zero-order valence-electron chi connectivity index (χ0n) is 15.5. The van der Waals surface area contributed by atoms with Crippen LogP contribution in [0.5, 0.6) is 0 Å². The topological polar surface area (TPSA) is 64.7 Å². The van der Waals surface area contributed by atoms with Gasteiger partial charge in [0.15, 0.2) is 5.65 Å². The van der Waals surface area contributed by atoms with E-state index in [-0.39, 0.29) is 13.1 Å². The molecule has 0 bridgehead atoms. The summed E-state index contributed by atoms with van der Waals surface area (Å²) in [6.45, 7) is 4.01. The Morgan fingerprint density at radius 2 is 2.03 bits per heavy atom. The van der Waals surface area contributed by atoms with E-state index in [1.165, 1.54) is 21.3 Å². The molecule has 4 aromatic rings. The number of fused-ring (bicyclic) bond motifs is 5. The highest BCUT2D eigenvalue weighted by atomic mass is 35.5. The Morgan fingerprint density at radius 1 is 1.23 bits per heavy atom. The van der Waals surface area contributed by atoms with Gasteiger partial charge in [0, 0.05) is 23.0 Å². The second kappa shape index (κ2) is 7.46. The number of hydrogen-bond acceptors (Lipinski definition) is 6. The molecule has 7 nitrogen and oxygen atoms in total. The van der Waals surface area contributed by atoms with Crippen LogP contribution in [-0.2, 0) is 24.2 Å². The van der Waals surface area contributed by atoms with Gasteiger partial charge in [0.05, 0.1) is 31.2 Å². The van der Waals surface area contributed by atoms with Crippen LogP contribution in [-0.4, -0.2) is 49.9 Å². The summed E-state index contributed by atoms with van der Waals surface area (Å²) >= 11 is 7.74. The maximum absolute atomic E-state index is 13.2. The molecule has 0 spiro atoms. The highest BCUT2D eigenvalue weighted by molar-refractivity contribution is 7.19. The van der Waals surface area contributed by atoms with Gasteiger partial charge in [-0.15, -0.1) is 11.3 Å². The van der Waals surface area contributed by atoms with Gasteiger partial charge in [-0.05, 0) is 29.7 Å². The lowest BCUT2D eigenvalue weighted by molar-refractivity contribution is -0.0690. The average Bonchev–Trinajstić information content (AvgIpc) is 3.29. The molecule has 0 unspecified atom stereocenters. The van der Waals surface area contributed by atoms with Crippen molar-refractivity contribution in [1.29, 1.82) is 0 Å². The zero-order chi connectivity index (χ0) is 19.5. The molecule has 1 saturated heterocycles. The van der Waals surface area contributed by atoms with E-state index in [1.54, 1.807) is 11.3 Å². The van der Waals surface area contributed by atoms with E-state index < -0.39 is 0 Å². The van der Waals surface area contributed by atoms with E-state index in [0.717, 1.165) is 48.5 Å². The predicted octanol–water partition coefficient (Wildman–Crippen LogP) is 3.20. The summed E-state index contributed by atoms with van der Waals surface area (Å²) in [5.74, 6) is 0. The Hall–Kier alpha value is -2.26. The van der Waals surface area contributed by atoms with Gasteiger partial charge in [-0.3, -0.25) is 9.47 Å². The van der Waals surface area contributed by atoms with Crippen molar-refractivity contribution in [2.24, 2.45) is 0 Å². The molecule has 0 radical (unpaired) electrons. The highest BCUT2D eigenvalue weighted by Crippen LogP contribution is 2.37. The minimum Gasteiger partial charge on any atom is -0.378 e. The van der Waals surface area contributed by atoms with E-state index in [9.17, 15) is 4.79 Å². The first-order valence-electron chi connectivity index (χ1n) is 9.62. The molecule has 0 atom stereocenters. The van der Waals surface area contributed by atoms with Gasteiger partial charge in [-0.25, -0.2) is 9.78 Å². The largest absolute Gasteiger partial charge is 0.378 e. The number of rotatable bonds is 3. The van der Waals surface area contributed by atoms with Crippen LogP contribution in [0.1, 0.15) is 23.4 Å². The summed E-state index contributed by atoms with van der Waals surface area (Å²) in [6, 6.07) is 8.13. The van der Waals surface area contributed by atoms with Crippen LogP contribution in [0.25, 0.3) is 15.9 Å². The minimum atomic E-state index is -0.164. The summed E-state index contributed by atoms with van der Waals surface area (Å²) in [5.41, 5.74) is 2.83. The lowest BCUT2D eigenvalue weighted by Crippen LogP contribution is -2.50. The van der Waals surface area contributed by atoms with Gasteiger partial charge in [-0.1, -0.05) is 31.2 Å². The van der Waals surface area contributed by atoms with Crippen molar-refractivity contribution in [1.82, 2.24) is 24.1 Å². The fourth-order valence-corrected chi connectivity index (χ4v) is 5.73. The lowest BCUT2D eigenvalue weighted by atomic mass is 10.0. The smallest absolute Gasteiger partial charge is 0.352 e. The quantitative estimate of drug-likeness (QED) is 0.486. The van der Waals surface area contributed by atoms with Gasteiger partial charge in [0.1, 0.15) is 11.2 Å². The van der Waals surface area contributed by atoms with Crippen LogP contribution in [0, 0.1) is 0 Å². The second-order valence-corrected chi connectivity index (χ2v) is 9.11. The van der Waals surface area contributed by atoms with Crippen molar-refractivity contribution < 1.29 is 4.74 Å². The van der Waals surface area contributed by atoms with Crippen molar-refractivity contribution in [3.05, 3.63) is 62.1 Å². The van der Waals surface area contributed by atoms with Crippen LogP contribution < -0.4 is 5.69 Å². The van der Waals surface area contributed by atoms with Gasteiger partial charge < -0.3 is 4.74 Å². The van der Waals surface area contributed by atoms with E-state index in [0.29, 0.717) is 23.3 Å². The number of thiophene rings is 1. The fraction of sp³-hybridized carbons (Fsp3) is 0.381. The third-order valence-corrected chi connectivity index (χ3v) is 7.38. The number of benzene rings is 1. The maximum atomic E-state index is 13.2. The Balaban J connectivity index is 0.00000193. The molecule has 0 saturated carbocycles. The van der Waals surface area contributed by atoms with Crippen molar-refractivity contribution >= 4 is 38.8 Å². The van der Waals surface area contributed by atoms with Crippen molar-refractivity contribution in [3.63, 3.8) is 0 Å². The highest BCUT2D eigenvalue weighted by Gasteiger charge is 2.32. The average molecular weight is 444 g/mol. The standard InChI is InChI=1S/C20H18ClN5O2S.CH4/c21-13-3-1-12(2-4-13)7-25-19-17(18-22-11-23-26(18)20(25)27)15-5-6-24(8-16(15)29-19)14-9-28-10-14;/h1-4,11,14H,5-10H2;1H4. The van der Waals surface area contributed by atoms with E-state index in [1.807, 2.05) is 28.8 Å². The molecule has 0 N–H and O–H groups in total. The normalized spacial score (nSPS) is 17.1. The first-order chi connectivity index (χ1) is 14.2. The minimum absolute atomic E-state index is 0. The van der Waals surface area contributed by atoms with Gasteiger partial charge >= 0.3 is 5.69 Å². The van der Waals surface area contributed by atoms with E-state index in [2.05, 4.69) is 15.0 Å².